The molecule has 0 spiro atoms. The molecule has 1 atom stereocenters. The number of carbonyl (C=O) groups excluding carboxylic acids is 2. The third-order valence-electron chi connectivity index (χ3n) is 2.65. The number of rotatable bonds is 5. The van der Waals surface area contributed by atoms with Crippen molar-refractivity contribution in [3.05, 3.63) is 40.3 Å². The molecule has 2 N–H and O–H groups in total. The molecule has 116 valence electrons. The van der Waals surface area contributed by atoms with E-state index in [1.165, 1.54) is 13.3 Å². The van der Waals surface area contributed by atoms with Crippen LogP contribution in [0.25, 0.3) is 12.2 Å². The van der Waals surface area contributed by atoms with Crippen molar-refractivity contribution in [2.45, 2.75) is 6.04 Å². The van der Waals surface area contributed by atoms with Crippen LogP contribution in [0.2, 0.25) is 0 Å². The van der Waals surface area contributed by atoms with Gasteiger partial charge < -0.3 is 15.2 Å². The Balaban J connectivity index is 1.90. The van der Waals surface area contributed by atoms with Gasteiger partial charge in [-0.1, -0.05) is 6.07 Å². The Kier molecular flexibility index (Phi) is 5.45. The van der Waals surface area contributed by atoms with Gasteiger partial charge in [0.15, 0.2) is 0 Å². The second-order valence-electron chi connectivity index (χ2n) is 4.24. The zero-order valence-corrected chi connectivity index (χ0v) is 12.7. The first-order chi connectivity index (χ1) is 10.6. The fourth-order valence-electron chi connectivity index (χ4n) is 1.53. The minimum Gasteiger partial charge on any atom is -0.468 e. The highest BCUT2D eigenvalue weighted by Gasteiger charge is 2.17. The molecule has 2 aromatic rings. The summed E-state index contributed by atoms with van der Waals surface area (Å²) in [5.74, 6) is -0.646. The van der Waals surface area contributed by atoms with Crippen molar-refractivity contribution in [1.29, 1.82) is 0 Å². The van der Waals surface area contributed by atoms with Gasteiger partial charge in [0.2, 0.25) is 0 Å². The number of esters is 1. The highest BCUT2D eigenvalue weighted by molar-refractivity contribution is 7.10. The topological polar surface area (TPSA) is 96.4 Å². The Morgan fingerprint density at radius 3 is 2.95 bits per heavy atom. The minimum absolute atomic E-state index is 0.272. The molecule has 2 rings (SSSR count). The van der Waals surface area contributed by atoms with E-state index in [-0.39, 0.29) is 6.61 Å². The summed E-state index contributed by atoms with van der Waals surface area (Å²) >= 11 is 1.60. The Bertz CT molecular complexity index is 663. The Labute approximate surface area is 130 Å². The van der Waals surface area contributed by atoms with Crippen LogP contribution in [0.1, 0.15) is 10.6 Å². The highest BCUT2D eigenvalue weighted by atomic mass is 32.1. The van der Waals surface area contributed by atoms with Gasteiger partial charge in [0.05, 0.1) is 12.8 Å². The van der Waals surface area contributed by atoms with Gasteiger partial charge in [0, 0.05) is 11.1 Å². The van der Waals surface area contributed by atoms with E-state index >= 15 is 0 Å². The normalized spacial score (nSPS) is 12.3. The molecule has 0 saturated carbocycles. The molecule has 0 amide bonds. The van der Waals surface area contributed by atoms with Crippen LogP contribution in [0.5, 0.6) is 0 Å². The maximum absolute atomic E-state index is 11.8. The fraction of sp³-hybridized carbons (Fsp3) is 0.214. The highest BCUT2D eigenvalue weighted by Crippen LogP contribution is 2.12. The largest absolute Gasteiger partial charge is 0.468 e. The number of nitrogens with zero attached hydrogens (tertiary/aromatic N) is 2. The Morgan fingerprint density at radius 1 is 1.45 bits per heavy atom. The second kappa shape index (κ2) is 7.53. The number of carbonyl (C=O) groups is 2. The number of ether oxygens (including phenoxy) is 2. The van der Waals surface area contributed by atoms with Crippen molar-refractivity contribution in [2.75, 3.05) is 13.7 Å². The number of nitrogens with two attached hydrogens (primary N) is 1. The molecular formula is C14H15N3O4S. The molecule has 22 heavy (non-hydrogen) atoms. The van der Waals surface area contributed by atoms with Gasteiger partial charge >= 0.3 is 12.1 Å². The molecule has 0 aliphatic heterocycles. The van der Waals surface area contributed by atoms with Crippen LogP contribution in [0.3, 0.4) is 0 Å². The van der Waals surface area contributed by atoms with E-state index in [9.17, 15) is 9.59 Å². The summed E-state index contributed by atoms with van der Waals surface area (Å²) in [5, 5.41) is 6.03. The van der Waals surface area contributed by atoms with Gasteiger partial charge in [0.25, 0.3) is 0 Å². The van der Waals surface area contributed by atoms with Crippen LogP contribution in [0.15, 0.2) is 29.8 Å². The van der Waals surface area contributed by atoms with E-state index in [1.807, 2.05) is 23.6 Å². The molecule has 7 nitrogen and oxygen atoms in total. The Hall–Kier alpha value is -2.45. The van der Waals surface area contributed by atoms with Crippen LogP contribution in [0.4, 0.5) is 4.79 Å². The first-order valence-electron chi connectivity index (χ1n) is 6.38. The molecule has 0 aromatic carbocycles. The standard InChI is InChI=1S/C14H15N3O4S/c1-20-13(18)12(15)9-21-14(19)17-7-6-10(16-17)4-5-11-3-2-8-22-11/h2-8,12H,9,15H2,1H3/b5-4+/t12-/m0/s1. The van der Waals surface area contributed by atoms with Crippen LogP contribution in [-0.4, -0.2) is 41.6 Å². The first kappa shape index (κ1) is 15.9. The predicted molar refractivity (Wildman–Crippen MR) is 82.2 cm³/mol. The molecule has 0 bridgehead atoms. The maximum Gasteiger partial charge on any atom is 0.434 e. The molecule has 0 saturated heterocycles. The van der Waals surface area contributed by atoms with Crippen molar-refractivity contribution in [3.63, 3.8) is 0 Å². The van der Waals surface area contributed by atoms with Gasteiger partial charge in [-0.15, -0.1) is 11.3 Å². The summed E-state index contributed by atoms with van der Waals surface area (Å²) < 4.78 is 10.4. The van der Waals surface area contributed by atoms with Crippen LogP contribution in [0, 0.1) is 0 Å². The number of aromatic nitrogens is 2. The van der Waals surface area contributed by atoms with Crippen molar-refractivity contribution in [1.82, 2.24) is 9.78 Å². The van der Waals surface area contributed by atoms with Crippen LogP contribution >= 0.6 is 11.3 Å². The van der Waals surface area contributed by atoms with E-state index in [1.54, 1.807) is 23.5 Å². The molecule has 8 heteroatoms. The lowest BCUT2D eigenvalue weighted by molar-refractivity contribution is -0.143. The summed E-state index contributed by atoms with van der Waals surface area (Å²) in [6.07, 6.45) is 4.45. The third-order valence-corrected chi connectivity index (χ3v) is 3.49. The van der Waals surface area contributed by atoms with E-state index in [0.29, 0.717) is 5.69 Å². The quantitative estimate of drug-likeness (QED) is 0.840. The number of methoxy groups -OCH3 is 1. The van der Waals surface area contributed by atoms with E-state index in [2.05, 4.69) is 9.84 Å². The van der Waals surface area contributed by atoms with Gasteiger partial charge in [-0.25, -0.2) is 4.79 Å². The lowest BCUT2D eigenvalue weighted by Crippen LogP contribution is -2.37. The van der Waals surface area contributed by atoms with Gasteiger partial charge in [-0.05, 0) is 29.7 Å². The molecule has 0 aliphatic carbocycles. The molecule has 2 heterocycles. The summed E-state index contributed by atoms with van der Waals surface area (Å²) in [6, 6.07) is 4.58. The van der Waals surface area contributed by atoms with Crippen molar-refractivity contribution >= 4 is 35.6 Å². The molecular weight excluding hydrogens is 306 g/mol. The molecule has 0 unspecified atom stereocenters. The summed E-state index contributed by atoms with van der Waals surface area (Å²) in [7, 11) is 1.21. The average molecular weight is 321 g/mol. The molecule has 0 fully saturated rings. The minimum atomic E-state index is -1.01. The van der Waals surface area contributed by atoms with E-state index in [0.717, 1.165) is 9.56 Å². The van der Waals surface area contributed by atoms with Crippen LogP contribution in [-0.2, 0) is 14.3 Å². The van der Waals surface area contributed by atoms with Crippen LogP contribution < -0.4 is 5.73 Å². The summed E-state index contributed by atoms with van der Waals surface area (Å²) in [5.41, 5.74) is 6.08. The monoisotopic (exact) mass is 321 g/mol. The number of thiophene rings is 1. The lowest BCUT2D eigenvalue weighted by Gasteiger charge is -2.09. The van der Waals surface area contributed by atoms with Crippen molar-refractivity contribution in [3.8, 4) is 0 Å². The van der Waals surface area contributed by atoms with Gasteiger partial charge in [0.1, 0.15) is 12.6 Å². The summed E-state index contributed by atoms with van der Waals surface area (Å²) in [6.45, 7) is -0.272. The van der Waals surface area contributed by atoms with Gasteiger partial charge in [-0.3, -0.25) is 4.79 Å². The fourth-order valence-corrected chi connectivity index (χ4v) is 2.15. The predicted octanol–water partition coefficient (Wildman–Crippen LogP) is 1.60. The average Bonchev–Trinajstić information content (AvgIpc) is 3.20. The SMILES string of the molecule is COC(=O)[C@@H](N)COC(=O)n1ccc(/C=C/c2cccs2)n1. The van der Waals surface area contributed by atoms with E-state index < -0.39 is 18.1 Å². The van der Waals surface area contributed by atoms with Gasteiger partial charge in [-0.2, -0.15) is 9.78 Å². The first-order valence-corrected chi connectivity index (χ1v) is 7.26. The lowest BCUT2D eigenvalue weighted by atomic mass is 10.3. The number of hydrogen-bond donors (Lipinski definition) is 1. The zero-order chi connectivity index (χ0) is 15.9. The van der Waals surface area contributed by atoms with Crippen molar-refractivity contribution < 1.29 is 19.1 Å². The summed E-state index contributed by atoms with van der Waals surface area (Å²) in [4.78, 5) is 23.9. The third kappa shape index (κ3) is 4.27. The molecule has 2 aromatic heterocycles. The second-order valence-corrected chi connectivity index (χ2v) is 5.22. The zero-order valence-electron chi connectivity index (χ0n) is 11.8. The van der Waals surface area contributed by atoms with E-state index in [4.69, 9.17) is 10.5 Å². The van der Waals surface area contributed by atoms with Crippen molar-refractivity contribution in [2.24, 2.45) is 5.73 Å². The molecule has 0 radical (unpaired) electrons. The smallest absolute Gasteiger partial charge is 0.434 e. The molecule has 0 aliphatic rings. The Morgan fingerprint density at radius 2 is 2.27 bits per heavy atom. The number of hydrogen-bond acceptors (Lipinski definition) is 7. The maximum atomic E-state index is 11.8.